The first-order chi connectivity index (χ1) is 6.59. The second-order valence-electron chi connectivity index (χ2n) is 3.21. The Morgan fingerprint density at radius 3 is 2.86 bits per heavy atom. The molecular weight excluding hydrogens is 178 g/mol. The van der Waals surface area contributed by atoms with Gasteiger partial charge in [0.25, 0.3) is 0 Å². The maximum absolute atomic E-state index is 7.11. The fraction of sp³-hybridized carbons (Fsp3) is 0.444. The number of hydrogen-bond acceptors (Lipinski definition) is 4. The lowest BCUT2D eigenvalue weighted by Gasteiger charge is -2.17. The van der Waals surface area contributed by atoms with E-state index in [9.17, 15) is 0 Å². The monoisotopic (exact) mass is 193 g/mol. The first kappa shape index (κ1) is 10.4. The van der Waals surface area contributed by atoms with Crippen molar-refractivity contribution in [3.8, 4) is 0 Å². The molecule has 0 saturated carbocycles. The molecule has 0 atom stereocenters. The molecular formula is C9H15N5. The van der Waals surface area contributed by atoms with Crippen LogP contribution in [0.3, 0.4) is 0 Å². The van der Waals surface area contributed by atoms with E-state index in [4.69, 9.17) is 11.1 Å². The standard InChI is InChI=1S/C9H15N5/c1-7-5-9(13-6-12-7)14(2)4-3-8(10)11/h5-6H,3-4H2,1-2H3,(H3,10,11). The van der Waals surface area contributed by atoms with Crippen LogP contribution < -0.4 is 10.6 Å². The van der Waals surface area contributed by atoms with Crippen LogP contribution in [0.2, 0.25) is 0 Å². The molecule has 0 fully saturated rings. The summed E-state index contributed by atoms with van der Waals surface area (Å²) in [6.45, 7) is 2.62. The number of anilines is 1. The predicted molar refractivity (Wildman–Crippen MR) is 56.6 cm³/mol. The second-order valence-corrected chi connectivity index (χ2v) is 3.21. The van der Waals surface area contributed by atoms with Crippen molar-refractivity contribution < 1.29 is 0 Å². The van der Waals surface area contributed by atoms with E-state index in [1.165, 1.54) is 6.33 Å². The molecule has 76 valence electrons. The number of nitrogens with one attached hydrogen (secondary N) is 1. The van der Waals surface area contributed by atoms with Crippen LogP contribution in [0, 0.1) is 12.3 Å². The minimum atomic E-state index is 0.197. The van der Waals surface area contributed by atoms with E-state index in [0.717, 1.165) is 11.5 Å². The number of amidine groups is 1. The van der Waals surface area contributed by atoms with Crippen LogP contribution in [0.4, 0.5) is 5.82 Å². The van der Waals surface area contributed by atoms with E-state index in [0.29, 0.717) is 13.0 Å². The fourth-order valence-electron chi connectivity index (χ4n) is 1.05. The summed E-state index contributed by atoms with van der Waals surface area (Å²) in [6, 6.07) is 1.90. The summed E-state index contributed by atoms with van der Waals surface area (Å²) >= 11 is 0. The van der Waals surface area contributed by atoms with Crippen LogP contribution in [-0.2, 0) is 0 Å². The summed E-state index contributed by atoms with van der Waals surface area (Å²) in [5.41, 5.74) is 6.21. The summed E-state index contributed by atoms with van der Waals surface area (Å²) in [6.07, 6.45) is 2.09. The van der Waals surface area contributed by atoms with Crippen molar-refractivity contribution in [1.29, 1.82) is 5.41 Å². The Kier molecular flexibility index (Phi) is 3.39. The van der Waals surface area contributed by atoms with Crippen LogP contribution in [0.1, 0.15) is 12.1 Å². The molecule has 0 aliphatic heterocycles. The van der Waals surface area contributed by atoms with Crippen molar-refractivity contribution in [3.63, 3.8) is 0 Å². The Hall–Kier alpha value is -1.65. The van der Waals surface area contributed by atoms with Gasteiger partial charge in [-0.2, -0.15) is 0 Å². The number of aryl methyl sites for hydroxylation is 1. The smallest absolute Gasteiger partial charge is 0.131 e. The molecule has 0 saturated heterocycles. The highest BCUT2D eigenvalue weighted by Crippen LogP contribution is 2.08. The molecule has 0 spiro atoms. The average molecular weight is 193 g/mol. The summed E-state index contributed by atoms with van der Waals surface area (Å²) < 4.78 is 0. The summed E-state index contributed by atoms with van der Waals surface area (Å²) in [5, 5.41) is 7.11. The van der Waals surface area contributed by atoms with Gasteiger partial charge in [0, 0.05) is 31.8 Å². The predicted octanol–water partition coefficient (Wildman–Crippen LogP) is 0.547. The van der Waals surface area contributed by atoms with Gasteiger partial charge in [-0.25, -0.2) is 9.97 Å². The van der Waals surface area contributed by atoms with Gasteiger partial charge in [0.2, 0.25) is 0 Å². The number of nitrogens with two attached hydrogens (primary N) is 1. The summed E-state index contributed by atoms with van der Waals surface area (Å²) in [5.74, 6) is 1.06. The molecule has 1 rings (SSSR count). The third-order valence-electron chi connectivity index (χ3n) is 1.90. The summed E-state index contributed by atoms with van der Waals surface area (Å²) in [4.78, 5) is 10.1. The van der Waals surface area contributed by atoms with Crippen LogP contribution in [0.25, 0.3) is 0 Å². The molecule has 0 amide bonds. The molecule has 1 aromatic rings. The Bertz CT molecular complexity index is 323. The van der Waals surface area contributed by atoms with Crippen LogP contribution >= 0.6 is 0 Å². The van der Waals surface area contributed by atoms with Gasteiger partial charge >= 0.3 is 0 Å². The number of aromatic nitrogens is 2. The van der Waals surface area contributed by atoms with Crippen molar-refractivity contribution in [3.05, 3.63) is 18.1 Å². The molecule has 0 unspecified atom stereocenters. The topological polar surface area (TPSA) is 78.9 Å². The molecule has 1 heterocycles. The zero-order chi connectivity index (χ0) is 10.6. The first-order valence-corrected chi connectivity index (χ1v) is 4.42. The lowest BCUT2D eigenvalue weighted by Crippen LogP contribution is -2.24. The minimum absolute atomic E-state index is 0.197. The lowest BCUT2D eigenvalue weighted by atomic mass is 10.3. The molecule has 0 bridgehead atoms. The molecule has 0 radical (unpaired) electrons. The number of hydrogen-bond donors (Lipinski definition) is 2. The van der Waals surface area contributed by atoms with E-state index in [1.807, 2.05) is 24.9 Å². The Balaban J connectivity index is 2.60. The highest BCUT2D eigenvalue weighted by molar-refractivity contribution is 5.77. The molecule has 0 aliphatic rings. The van der Waals surface area contributed by atoms with Gasteiger partial charge in [0.1, 0.15) is 12.1 Å². The van der Waals surface area contributed by atoms with E-state index in [2.05, 4.69) is 9.97 Å². The van der Waals surface area contributed by atoms with E-state index in [1.54, 1.807) is 0 Å². The van der Waals surface area contributed by atoms with Crippen molar-refractivity contribution >= 4 is 11.7 Å². The second kappa shape index (κ2) is 4.55. The minimum Gasteiger partial charge on any atom is -0.388 e. The first-order valence-electron chi connectivity index (χ1n) is 4.42. The van der Waals surface area contributed by atoms with Crippen LogP contribution in [0.5, 0.6) is 0 Å². The molecule has 1 aromatic heterocycles. The summed E-state index contributed by atoms with van der Waals surface area (Å²) in [7, 11) is 1.92. The number of nitrogens with zero attached hydrogens (tertiary/aromatic N) is 3. The SMILES string of the molecule is Cc1cc(N(C)CCC(=N)N)ncn1. The van der Waals surface area contributed by atoms with Crippen molar-refractivity contribution in [2.75, 3.05) is 18.5 Å². The van der Waals surface area contributed by atoms with Crippen molar-refractivity contribution in [1.82, 2.24) is 9.97 Å². The lowest BCUT2D eigenvalue weighted by molar-refractivity contribution is 0.880. The maximum atomic E-state index is 7.11. The Morgan fingerprint density at radius 1 is 1.57 bits per heavy atom. The number of rotatable bonds is 4. The van der Waals surface area contributed by atoms with Gasteiger partial charge in [0.05, 0.1) is 5.84 Å². The van der Waals surface area contributed by atoms with Gasteiger partial charge in [-0.1, -0.05) is 0 Å². The molecule has 5 heteroatoms. The van der Waals surface area contributed by atoms with Gasteiger partial charge in [-0.15, -0.1) is 0 Å². The van der Waals surface area contributed by atoms with Crippen LogP contribution in [0.15, 0.2) is 12.4 Å². The Morgan fingerprint density at radius 2 is 2.29 bits per heavy atom. The average Bonchev–Trinajstić information content (AvgIpc) is 2.14. The van der Waals surface area contributed by atoms with Gasteiger partial charge < -0.3 is 10.6 Å². The van der Waals surface area contributed by atoms with E-state index >= 15 is 0 Å². The fourth-order valence-corrected chi connectivity index (χ4v) is 1.05. The molecule has 14 heavy (non-hydrogen) atoms. The Labute approximate surface area is 83.5 Å². The van der Waals surface area contributed by atoms with Crippen LogP contribution in [-0.4, -0.2) is 29.4 Å². The van der Waals surface area contributed by atoms with Gasteiger partial charge in [-0.3, -0.25) is 5.41 Å². The third-order valence-corrected chi connectivity index (χ3v) is 1.90. The zero-order valence-corrected chi connectivity index (χ0v) is 8.49. The van der Waals surface area contributed by atoms with E-state index in [-0.39, 0.29) is 5.84 Å². The molecule has 3 N–H and O–H groups in total. The largest absolute Gasteiger partial charge is 0.388 e. The highest BCUT2D eigenvalue weighted by atomic mass is 15.2. The molecule has 0 aromatic carbocycles. The molecule has 5 nitrogen and oxygen atoms in total. The van der Waals surface area contributed by atoms with Crippen molar-refractivity contribution in [2.24, 2.45) is 5.73 Å². The maximum Gasteiger partial charge on any atom is 0.131 e. The zero-order valence-electron chi connectivity index (χ0n) is 8.49. The highest BCUT2D eigenvalue weighted by Gasteiger charge is 2.02. The van der Waals surface area contributed by atoms with Gasteiger partial charge in [-0.05, 0) is 6.92 Å². The molecule has 0 aliphatic carbocycles. The van der Waals surface area contributed by atoms with Crippen molar-refractivity contribution in [2.45, 2.75) is 13.3 Å². The third kappa shape index (κ3) is 3.01. The van der Waals surface area contributed by atoms with Gasteiger partial charge in [0.15, 0.2) is 0 Å². The van der Waals surface area contributed by atoms with E-state index < -0.39 is 0 Å². The normalized spacial score (nSPS) is 9.86. The quantitative estimate of drug-likeness (QED) is 0.540.